The van der Waals surface area contributed by atoms with Crippen LogP contribution in [0.25, 0.3) is 21.8 Å². The second-order valence-corrected chi connectivity index (χ2v) is 5.16. The SMILES string of the molecule is Cn1nc(N)c2c3ccccc3c(=O)n(C3CC3)c21. The summed E-state index contributed by atoms with van der Waals surface area (Å²) in [7, 11) is 1.84. The number of aryl methyl sites for hydroxylation is 1. The first kappa shape index (κ1) is 10.6. The number of hydrogen-bond donors (Lipinski definition) is 1. The molecule has 19 heavy (non-hydrogen) atoms. The number of aromatic nitrogens is 3. The minimum absolute atomic E-state index is 0.0635. The van der Waals surface area contributed by atoms with E-state index in [2.05, 4.69) is 5.10 Å². The molecule has 0 radical (unpaired) electrons. The Bertz CT molecular complexity index is 870. The van der Waals surface area contributed by atoms with Gasteiger partial charge in [-0.15, -0.1) is 0 Å². The van der Waals surface area contributed by atoms with Gasteiger partial charge in [-0.2, -0.15) is 5.10 Å². The van der Waals surface area contributed by atoms with E-state index in [4.69, 9.17) is 5.73 Å². The molecule has 1 aliphatic rings. The molecule has 0 aliphatic heterocycles. The zero-order valence-corrected chi connectivity index (χ0v) is 10.6. The van der Waals surface area contributed by atoms with Gasteiger partial charge in [0.2, 0.25) is 0 Å². The van der Waals surface area contributed by atoms with E-state index in [1.54, 1.807) is 4.68 Å². The molecule has 2 aromatic heterocycles. The van der Waals surface area contributed by atoms with Gasteiger partial charge in [0, 0.05) is 23.9 Å². The summed E-state index contributed by atoms with van der Waals surface area (Å²) in [5.74, 6) is 0.489. The fraction of sp³-hybridized carbons (Fsp3) is 0.286. The van der Waals surface area contributed by atoms with Crippen LogP contribution in [0.4, 0.5) is 5.82 Å². The minimum Gasteiger partial charge on any atom is -0.382 e. The third-order valence-corrected chi connectivity index (χ3v) is 3.83. The smallest absolute Gasteiger partial charge is 0.260 e. The number of benzene rings is 1. The summed E-state index contributed by atoms with van der Waals surface area (Å²) in [6.07, 6.45) is 2.11. The first-order valence-corrected chi connectivity index (χ1v) is 6.44. The van der Waals surface area contributed by atoms with Crippen molar-refractivity contribution in [3.63, 3.8) is 0 Å². The summed E-state index contributed by atoms with van der Waals surface area (Å²) < 4.78 is 3.58. The minimum atomic E-state index is 0.0635. The molecule has 1 aromatic carbocycles. The lowest BCUT2D eigenvalue weighted by molar-refractivity contribution is 0.688. The van der Waals surface area contributed by atoms with Gasteiger partial charge in [-0.3, -0.25) is 9.36 Å². The van der Waals surface area contributed by atoms with Crippen molar-refractivity contribution >= 4 is 27.6 Å². The molecular weight excluding hydrogens is 240 g/mol. The van der Waals surface area contributed by atoms with E-state index in [0.717, 1.165) is 34.6 Å². The van der Waals surface area contributed by atoms with E-state index in [9.17, 15) is 4.79 Å². The summed E-state index contributed by atoms with van der Waals surface area (Å²) in [4.78, 5) is 12.7. The molecule has 3 aromatic rings. The maximum atomic E-state index is 12.7. The second kappa shape index (κ2) is 3.38. The number of pyridine rings is 1. The Hall–Kier alpha value is -2.30. The fourth-order valence-electron chi connectivity index (χ4n) is 2.86. The lowest BCUT2D eigenvalue weighted by atomic mass is 10.1. The van der Waals surface area contributed by atoms with Crippen LogP contribution in [-0.4, -0.2) is 14.3 Å². The molecule has 0 unspecified atom stereocenters. The van der Waals surface area contributed by atoms with Crippen molar-refractivity contribution in [1.82, 2.24) is 14.3 Å². The molecular formula is C14H14N4O. The van der Waals surface area contributed by atoms with E-state index in [0.29, 0.717) is 11.9 Å². The zero-order valence-electron chi connectivity index (χ0n) is 10.6. The molecule has 0 amide bonds. The Kier molecular flexibility index (Phi) is 1.88. The van der Waals surface area contributed by atoms with Crippen LogP contribution in [0.5, 0.6) is 0 Å². The summed E-state index contributed by atoms with van der Waals surface area (Å²) in [5, 5.41) is 6.80. The number of fused-ring (bicyclic) bond motifs is 3. The van der Waals surface area contributed by atoms with Crippen LogP contribution < -0.4 is 11.3 Å². The Morgan fingerprint density at radius 2 is 1.95 bits per heavy atom. The van der Waals surface area contributed by atoms with Gasteiger partial charge in [0.1, 0.15) is 5.65 Å². The molecule has 0 bridgehead atoms. The highest BCUT2D eigenvalue weighted by atomic mass is 16.1. The van der Waals surface area contributed by atoms with Crippen molar-refractivity contribution in [1.29, 1.82) is 0 Å². The topological polar surface area (TPSA) is 65.8 Å². The highest BCUT2D eigenvalue weighted by Gasteiger charge is 2.29. The third-order valence-electron chi connectivity index (χ3n) is 3.83. The Balaban J connectivity index is 2.36. The molecule has 2 heterocycles. The van der Waals surface area contributed by atoms with Gasteiger partial charge < -0.3 is 5.73 Å². The van der Waals surface area contributed by atoms with Crippen molar-refractivity contribution in [2.24, 2.45) is 7.05 Å². The Labute approximate surface area is 109 Å². The van der Waals surface area contributed by atoms with Crippen LogP contribution in [0.15, 0.2) is 29.1 Å². The van der Waals surface area contributed by atoms with Gasteiger partial charge in [-0.05, 0) is 18.9 Å². The molecule has 5 nitrogen and oxygen atoms in total. The molecule has 1 fully saturated rings. The monoisotopic (exact) mass is 254 g/mol. The van der Waals surface area contributed by atoms with Crippen LogP contribution >= 0.6 is 0 Å². The van der Waals surface area contributed by atoms with E-state index >= 15 is 0 Å². The van der Waals surface area contributed by atoms with Gasteiger partial charge >= 0.3 is 0 Å². The van der Waals surface area contributed by atoms with Crippen molar-refractivity contribution in [3.05, 3.63) is 34.6 Å². The Morgan fingerprint density at radius 1 is 1.26 bits per heavy atom. The third kappa shape index (κ3) is 1.30. The molecule has 0 saturated heterocycles. The first-order chi connectivity index (χ1) is 9.18. The molecule has 1 saturated carbocycles. The molecule has 0 atom stereocenters. The number of anilines is 1. The van der Waals surface area contributed by atoms with Crippen LogP contribution in [0.2, 0.25) is 0 Å². The molecule has 2 N–H and O–H groups in total. The van der Waals surface area contributed by atoms with E-state index in [-0.39, 0.29) is 5.56 Å². The van der Waals surface area contributed by atoms with Crippen molar-refractivity contribution in [2.45, 2.75) is 18.9 Å². The normalized spacial score (nSPS) is 15.4. The number of nitrogens with two attached hydrogens (primary N) is 1. The van der Waals surface area contributed by atoms with Gasteiger partial charge in [0.15, 0.2) is 5.82 Å². The highest BCUT2D eigenvalue weighted by Crippen LogP contribution is 2.38. The summed E-state index contributed by atoms with van der Waals surface area (Å²) in [6.45, 7) is 0. The van der Waals surface area contributed by atoms with E-state index in [1.807, 2.05) is 35.9 Å². The summed E-state index contributed by atoms with van der Waals surface area (Å²) in [6, 6.07) is 7.92. The lowest BCUT2D eigenvalue weighted by Crippen LogP contribution is -2.21. The number of nitrogens with zero attached hydrogens (tertiary/aromatic N) is 3. The quantitative estimate of drug-likeness (QED) is 0.720. The van der Waals surface area contributed by atoms with E-state index < -0.39 is 0 Å². The number of hydrogen-bond acceptors (Lipinski definition) is 3. The van der Waals surface area contributed by atoms with Crippen LogP contribution in [0, 0.1) is 0 Å². The summed E-state index contributed by atoms with van der Waals surface area (Å²) >= 11 is 0. The maximum Gasteiger partial charge on any atom is 0.260 e. The van der Waals surface area contributed by atoms with Gasteiger partial charge in [-0.1, -0.05) is 18.2 Å². The average Bonchev–Trinajstić information content (AvgIpc) is 3.18. The van der Waals surface area contributed by atoms with Crippen molar-refractivity contribution in [3.8, 4) is 0 Å². The molecule has 5 heteroatoms. The van der Waals surface area contributed by atoms with E-state index in [1.165, 1.54) is 0 Å². The van der Waals surface area contributed by atoms with Crippen LogP contribution in [0.3, 0.4) is 0 Å². The zero-order chi connectivity index (χ0) is 13.1. The molecule has 1 aliphatic carbocycles. The maximum absolute atomic E-state index is 12.7. The van der Waals surface area contributed by atoms with Crippen molar-refractivity contribution < 1.29 is 0 Å². The molecule has 4 rings (SSSR count). The largest absolute Gasteiger partial charge is 0.382 e. The fourth-order valence-corrected chi connectivity index (χ4v) is 2.86. The standard InChI is InChI=1S/C14H14N4O/c1-17-13-11(12(15)16-17)9-4-2-3-5-10(9)14(19)18(13)8-6-7-8/h2-5,8H,6-7H2,1H3,(H2,15,16). The number of rotatable bonds is 1. The molecule has 0 spiro atoms. The predicted octanol–water partition coefficient (Wildman–Crippen LogP) is 1.81. The Morgan fingerprint density at radius 3 is 2.63 bits per heavy atom. The first-order valence-electron chi connectivity index (χ1n) is 6.44. The van der Waals surface area contributed by atoms with Gasteiger partial charge in [0.05, 0.1) is 5.39 Å². The lowest BCUT2D eigenvalue weighted by Gasteiger charge is -2.10. The van der Waals surface area contributed by atoms with Crippen molar-refractivity contribution in [2.75, 3.05) is 5.73 Å². The van der Waals surface area contributed by atoms with Gasteiger partial charge in [0.25, 0.3) is 5.56 Å². The van der Waals surface area contributed by atoms with Gasteiger partial charge in [-0.25, -0.2) is 4.68 Å². The predicted molar refractivity (Wildman–Crippen MR) is 75.2 cm³/mol. The number of nitrogen functional groups attached to an aromatic ring is 1. The summed E-state index contributed by atoms with van der Waals surface area (Å²) in [5.41, 5.74) is 6.94. The average molecular weight is 254 g/mol. The van der Waals surface area contributed by atoms with Crippen LogP contribution in [0.1, 0.15) is 18.9 Å². The second-order valence-electron chi connectivity index (χ2n) is 5.16. The highest BCUT2D eigenvalue weighted by molar-refractivity contribution is 6.09. The molecule has 96 valence electrons. The van der Waals surface area contributed by atoms with Crippen LogP contribution in [-0.2, 0) is 7.05 Å².